The Morgan fingerprint density at radius 3 is 2.74 bits per heavy atom. The summed E-state index contributed by atoms with van der Waals surface area (Å²) in [7, 11) is 0. The first-order valence-corrected chi connectivity index (χ1v) is 8.40. The quantitative estimate of drug-likeness (QED) is 0.501. The lowest BCUT2D eigenvalue weighted by Crippen LogP contribution is -2.26. The Balaban J connectivity index is 1.57. The Kier molecular flexibility index (Phi) is 6.00. The number of rotatable bonds is 7. The van der Waals surface area contributed by atoms with Gasteiger partial charge in [0.25, 0.3) is 5.91 Å². The van der Waals surface area contributed by atoms with Crippen LogP contribution in [0.2, 0.25) is 0 Å². The van der Waals surface area contributed by atoms with Gasteiger partial charge in [-0.3, -0.25) is 4.79 Å². The van der Waals surface area contributed by atoms with Crippen LogP contribution in [-0.4, -0.2) is 25.3 Å². The van der Waals surface area contributed by atoms with E-state index in [1.807, 2.05) is 54.6 Å². The van der Waals surface area contributed by atoms with Crippen molar-refractivity contribution in [3.8, 4) is 11.8 Å². The molecule has 0 aliphatic carbocycles. The zero-order chi connectivity index (χ0) is 18.9. The number of hydrogen-bond donors (Lipinski definition) is 2. The molecule has 0 bridgehead atoms. The number of carbonyl (C=O) groups excluding carboxylic acids is 1. The smallest absolute Gasteiger partial charge is 0.259 e. The van der Waals surface area contributed by atoms with Crippen LogP contribution in [0.1, 0.15) is 5.56 Å². The molecule has 0 aromatic heterocycles. The van der Waals surface area contributed by atoms with E-state index in [2.05, 4.69) is 15.8 Å². The number of anilines is 1. The van der Waals surface area contributed by atoms with Crippen molar-refractivity contribution in [3.05, 3.63) is 72.3 Å². The number of para-hydroxylation sites is 1. The summed E-state index contributed by atoms with van der Waals surface area (Å²) in [5.74, 6) is 0.264. The molecule has 0 saturated heterocycles. The topological polar surface area (TPSA) is 86.5 Å². The average molecular weight is 358 g/mol. The lowest BCUT2D eigenvalue weighted by molar-refractivity contribution is -0.119. The maximum Gasteiger partial charge on any atom is 0.259 e. The summed E-state index contributed by atoms with van der Waals surface area (Å²) in [6.45, 7) is 0.0457. The van der Waals surface area contributed by atoms with Crippen molar-refractivity contribution >= 4 is 28.6 Å². The summed E-state index contributed by atoms with van der Waals surface area (Å²) >= 11 is 0. The van der Waals surface area contributed by atoms with Gasteiger partial charge >= 0.3 is 0 Å². The fraction of sp³-hybridized carbons (Fsp3) is 0.0952. The molecule has 0 spiro atoms. The molecule has 2 N–H and O–H groups in total. The van der Waals surface area contributed by atoms with Crippen LogP contribution >= 0.6 is 0 Å². The first-order valence-electron chi connectivity index (χ1n) is 8.40. The van der Waals surface area contributed by atoms with Crippen molar-refractivity contribution in [2.45, 2.75) is 0 Å². The molecule has 3 aromatic rings. The van der Waals surface area contributed by atoms with Gasteiger partial charge in [0.15, 0.2) is 6.61 Å². The lowest BCUT2D eigenvalue weighted by atomic mass is 10.1. The van der Waals surface area contributed by atoms with Gasteiger partial charge in [-0.05, 0) is 23.6 Å². The second-order valence-corrected chi connectivity index (χ2v) is 5.66. The van der Waals surface area contributed by atoms with Crippen LogP contribution < -0.4 is 15.5 Å². The number of nitrogens with one attached hydrogen (secondary N) is 2. The standard InChI is InChI=1S/C21H18N4O2/c22-12-13-27-20-11-4-2-7-17(20)14-24-25-21(26)15-23-19-10-5-8-16-6-1-3-9-18(16)19/h1-11,14,23H,13,15H2,(H,25,26)/b24-14-. The molecule has 0 saturated carbocycles. The molecule has 0 atom stereocenters. The zero-order valence-corrected chi connectivity index (χ0v) is 14.6. The average Bonchev–Trinajstić information content (AvgIpc) is 2.71. The molecular weight excluding hydrogens is 340 g/mol. The van der Waals surface area contributed by atoms with E-state index in [0.717, 1.165) is 16.5 Å². The Labute approximate surface area is 157 Å². The third kappa shape index (κ3) is 4.83. The van der Waals surface area contributed by atoms with Crippen molar-refractivity contribution in [1.29, 1.82) is 5.26 Å². The van der Waals surface area contributed by atoms with Crippen LogP contribution in [0.25, 0.3) is 10.8 Å². The van der Waals surface area contributed by atoms with Crippen LogP contribution in [0.15, 0.2) is 71.8 Å². The number of ether oxygens (including phenoxy) is 1. The molecule has 6 nitrogen and oxygen atoms in total. The first kappa shape index (κ1) is 18.0. The number of nitrogens with zero attached hydrogens (tertiary/aromatic N) is 2. The van der Waals surface area contributed by atoms with Gasteiger partial charge in [-0.1, -0.05) is 48.5 Å². The number of benzene rings is 3. The lowest BCUT2D eigenvalue weighted by Gasteiger charge is -2.09. The van der Waals surface area contributed by atoms with E-state index < -0.39 is 0 Å². The third-order valence-corrected chi connectivity index (χ3v) is 3.83. The highest BCUT2D eigenvalue weighted by Gasteiger charge is 2.04. The molecule has 6 heteroatoms. The molecule has 1 amide bonds. The minimum Gasteiger partial charge on any atom is -0.478 e. The molecule has 27 heavy (non-hydrogen) atoms. The van der Waals surface area contributed by atoms with E-state index in [4.69, 9.17) is 10.00 Å². The highest BCUT2D eigenvalue weighted by molar-refractivity contribution is 5.95. The molecule has 0 unspecified atom stereocenters. The Morgan fingerprint density at radius 2 is 1.85 bits per heavy atom. The SMILES string of the molecule is N#CCOc1ccccc1/C=N\NC(=O)CNc1cccc2ccccc12. The van der Waals surface area contributed by atoms with Gasteiger partial charge in [-0.15, -0.1) is 0 Å². The number of hydrogen-bond acceptors (Lipinski definition) is 5. The molecule has 0 heterocycles. The third-order valence-electron chi connectivity index (χ3n) is 3.83. The van der Waals surface area contributed by atoms with Gasteiger partial charge in [0.2, 0.25) is 0 Å². The van der Waals surface area contributed by atoms with Crippen LogP contribution in [0, 0.1) is 11.3 Å². The normalized spacial score (nSPS) is 10.5. The van der Waals surface area contributed by atoms with E-state index >= 15 is 0 Å². The van der Waals surface area contributed by atoms with Gasteiger partial charge < -0.3 is 10.1 Å². The number of carbonyl (C=O) groups is 1. The molecule has 134 valence electrons. The zero-order valence-electron chi connectivity index (χ0n) is 14.6. The van der Waals surface area contributed by atoms with E-state index in [-0.39, 0.29) is 19.1 Å². The molecular formula is C21H18N4O2. The Bertz CT molecular complexity index is 1000. The maximum atomic E-state index is 12.0. The summed E-state index contributed by atoms with van der Waals surface area (Å²) in [6.07, 6.45) is 1.49. The number of amides is 1. The van der Waals surface area contributed by atoms with Gasteiger partial charge in [0.05, 0.1) is 12.8 Å². The van der Waals surface area contributed by atoms with Crippen molar-refractivity contribution in [3.63, 3.8) is 0 Å². The van der Waals surface area contributed by atoms with Gasteiger partial charge in [0, 0.05) is 16.6 Å². The van der Waals surface area contributed by atoms with E-state index in [9.17, 15) is 4.79 Å². The van der Waals surface area contributed by atoms with Gasteiger partial charge in [-0.2, -0.15) is 10.4 Å². The molecule has 0 radical (unpaired) electrons. The van der Waals surface area contributed by atoms with Crippen LogP contribution in [0.3, 0.4) is 0 Å². The van der Waals surface area contributed by atoms with E-state index in [1.54, 1.807) is 18.2 Å². The van der Waals surface area contributed by atoms with Crippen molar-refractivity contribution in [1.82, 2.24) is 5.43 Å². The molecule has 0 aliphatic heterocycles. The molecule has 0 aliphatic rings. The maximum absolute atomic E-state index is 12.0. The number of fused-ring (bicyclic) bond motifs is 1. The minimum atomic E-state index is -0.269. The Morgan fingerprint density at radius 1 is 1.07 bits per heavy atom. The highest BCUT2D eigenvalue weighted by Crippen LogP contribution is 2.22. The Hall–Kier alpha value is -3.85. The highest BCUT2D eigenvalue weighted by atomic mass is 16.5. The summed E-state index contributed by atoms with van der Waals surface area (Å²) in [6, 6.07) is 22.9. The summed E-state index contributed by atoms with van der Waals surface area (Å²) in [4.78, 5) is 12.0. The van der Waals surface area contributed by atoms with Crippen molar-refractivity contribution in [2.75, 3.05) is 18.5 Å². The van der Waals surface area contributed by atoms with Crippen LogP contribution in [0.4, 0.5) is 5.69 Å². The van der Waals surface area contributed by atoms with Crippen LogP contribution in [0.5, 0.6) is 5.75 Å². The summed E-state index contributed by atoms with van der Waals surface area (Å²) in [5.41, 5.74) is 4.05. The largest absolute Gasteiger partial charge is 0.478 e. The second kappa shape index (κ2) is 9.02. The van der Waals surface area contributed by atoms with Crippen molar-refractivity contribution in [2.24, 2.45) is 5.10 Å². The summed E-state index contributed by atoms with van der Waals surface area (Å²) < 4.78 is 5.31. The minimum absolute atomic E-state index is 0.0494. The van der Waals surface area contributed by atoms with Gasteiger partial charge in [0.1, 0.15) is 11.8 Å². The molecule has 0 fully saturated rings. The van der Waals surface area contributed by atoms with Crippen LogP contribution in [-0.2, 0) is 4.79 Å². The first-order chi connectivity index (χ1) is 13.3. The van der Waals surface area contributed by atoms with Gasteiger partial charge in [-0.25, -0.2) is 5.43 Å². The fourth-order valence-corrected chi connectivity index (χ4v) is 2.60. The molecule has 3 rings (SSSR count). The van der Waals surface area contributed by atoms with Crippen molar-refractivity contribution < 1.29 is 9.53 Å². The predicted octanol–water partition coefficient (Wildman–Crippen LogP) is 3.30. The fourth-order valence-electron chi connectivity index (χ4n) is 2.60. The monoisotopic (exact) mass is 358 g/mol. The summed E-state index contributed by atoms with van der Waals surface area (Å²) in [5, 5.41) is 17.9. The van der Waals surface area contributed by atoms with E-state index in [1.165, 1.54) is 6.21 Å². The number of hydrazone groups is 1. The molecule has 3 aromatic carbocycles. The predicted molar refractivity (Wildman–Crippen MR) is 106 cm³/mol. The second-order valence-electron chi connectivity index (χ2n) is 5.66. The van der Waals surface area contributed by atoms with E-state index in [0.29, 0.717) is 11.3 Å². The number of nitriles is 1.